The molecule has 3 aromatic heterocycles. The van der Waals surface area contributed by atoms with Gasteiger partial charge in [0.1, 0.15) is 12.1 Å². The summed E-state index contributed by atoms with van der Waals surface area (Å²) in [5.74, 6) is 0.833. The third kappa shape index (κ3) is 8.28. The van der Waals surface area contributed by atoms with Crippen molar-refractivity contribution in [1.29, 1.82) is 0 Å². The van der Waals surface area contributed by atoms with E-state index in [1.54, 1.807) is 0 Å². The second-order valence-corrected chi connectivity index (χ2v) is 11.5. The van der Waals surface area contributed by atoms with Gasteiger partial charge >= 0.3 is 5.63 Å². The lowest BCUT2D eigenvalue weighted by atomic mass is 10.1. The van der Waals surface area contributed by atoms with Gasteiger partial charge < -0.3 is 50.6 Å². The van der Waals surface area contributed by atoms with Crippen LogP contribution in [0.5, 0.6) is 0 Å². The molecule has 0 atom stereocenters. The zero-order valence-corrected chi connectivity index (χ0v) is 31.7. The quantitative estimate of drug-likeness (QED) is 0.131. The standard InChI is InChI=1S/C22H24N3O2.C17H21N2.ClH.HI/c1-5-25(6-2)16-12-11-15-13-17(22(26)27-20(15)14-16)21-23(3)18-9-7-8-10-19(18)24(21)4;1-4-19-14-6-5-7-17(19)13-10-15-8-11-16(12-9-15)18(2)3;;/h7-14H,5-6H2,1-4H3;5-14H,4H2,1-3H3;2*1H/q2*+1;;/p-2. The number of aryl methyl sites for hydroxylation is 3. The Morgan fingerprint density at radius 3 is 2.15 bits per heavy atom. The predicted molar refractivity (Wildman–Crippen MR) is 191 cm³/mol. The lowest BCUT2D eigenvalue weighted by molar-refractivity contribution is -0.695. The molecule has 252 valence electrons. The largest absolute Gasteiger partial charge is 1.00 e. The third-order valence-corrected chi connectivity index (χ3v) is 8.50. The summed E-state index contributed by atoms with van der Waals surface area (Å²) in [4.78, 5) is 17.2. The first-order chi connectivity index (χ1) is 22.2. The van der Waals surface area contributed by atoms with Crippen molar-refractivity contribution in [3.05, 3.63) is 119 Å². The summed E-state index contributed by atoms with van der Waals surface area (Å²) in [6.07, 6.45) is 6.42. The molecule has 9 heteroatoms. The Balaban J connectivity index is 0.000000265. The lowest BCUT2D eigenvalue weighted by Gasteiger charge is -2.20. The molecule has 0 aliphatic heterocycles. The van der Waals surface area contributed by atoms with Crippen molar-refractivity contribution in [2.24, 2.45) is 14.1 Å². The van der Waals surface area contributed by atoms with Crippen LogP contribution in [0.15, 0.2) is 106 Å². The summed E-state index contributed by atoms with van der Waals surface area (Å²) in [5, 5.41) is 0.922. The molecular weight excluding hydrogens is 733 g/mol. The maximum atomic E-state index is 12.8. The summed E-state index contributed by atoms with van der Waals surface area (Å²) in [6, 6.07) is 30.9. The summed E-state index contributed by atoms with van der Waals surface area (Å²) in [6.45, 7) is 9.20. The number of benzene rings is 3. The SMILES string of the molecule is CCN(CC)c1ccc2cc(-c3n(C)c4ccccc4[n+]3C)c(=O)oc2c1.CC[n+]1ccccc1/C=C/c1ccc(N(C)C)cc1.[Cl-].[I-]. The van der Waals surface area contributed by atoms with Gasteiger partial charge in [0, 0.05) is 68.2 Å². The molecule has 0 amide bonds. The Bertz CT molecular complexity index is 2010. The van der Waals surface area contributed by atoms with Gasteiger partial charge in [-0.05, 0) is 80.9 Å². The molecule has 0 aliphatic rings. The molecule has 7 nitrogen and oxygen atoms in total. The second-order valence-electron chi connectivity index (χ2n) is 11.5. The minimum absolute atomic E-state index is 0. The van der Waals surface area contributed by atoms with Crippen LogP contribution in [0.25, 0.3) is 45.5 Å². The molecular formula is C39H45ClIN5O2. The predicted octanol–water partition coefficient (Wildman–Crippen LogP) is 0.861. The van der Waals surface area contributed by atoms with Gasteiger partial charge in [-0.25, -0.2) is 13.9 Å². The Morgan fingerprint density at radius 1 is 0.833 bits per heavy atom. The van der Waals surface area contributed by atoms with Gasteiger partial charge in [-0.15, -0.1) is 0 Å². The van der Waals surface area contributed by atoms with Gasteiger partial charge in [0.25, 0.3) is 5.82 Å². The molecule has 48 heavy (non-hydrogen) atoms. The highest BCUT2D eigenvalue weighted by atomic mass is 127. The van der Waals surface area contributed by atoms with Crippen molar-refractivity contribution >= 4 is 45.5 Å². The normalized spacial score (nSPS) is 10.7. The molecule has 0 radical (unpaired) electrons. The molecule has 0 saturated carbocycles. The van der Waals surface area contributed by atoms with E-state index in [1.165, 1.54) is 16.9 Å². The van der Waals surface area contributed by atoms with E-state index in [1.807, 2.05) is 53.6 Å². The zero-order chi connectivity index (χ0) is 32.8. The Morgan fingerprint density at radius 2 is 1.50 bits per heavy atom. The van der Waals surface area contributed by atoms with Crippen molar-refractivity contribution in [3.63, 3.8) is 0 Å². The van der Waals surface area contributed by atoms with Crippen LogP contribution >= 0.6 is 0 Å². The van der Waals surface area contributed by atoms with Crippen molar-refractivity contribution < 1.29 is 49.9 Å². The summed E-state index contributed by atoms with van der Waals surface area (Å²) in [7, 11) is 8.06. The van der Waals surface area contributed by atoms with E-state index in [0.29, 0.717) is 11.1 Å². The summed E-state index contributed by atoms with van der Waals surface area (Å²) >= 11 is 0. The van der Waals surface area contributed by atoms with E-state index in [2.05, 4.69) is 128 Å². The van der Waals surface area contributed by atoms with Crippen LogP contribution in [0.2, 0.25) is 0 Å². The van der Waals surface area contributed by atoms with Gasteiger partial charge in [-0.3, -0.25) is 0 Å². The third-order valence-electron chi connectivity index (χ3n) is 8.50. The molecule has 6 aromatic rings. The Hall–Kier alpha value is -4.15. The van der Waals surface area contributed by atoms with Crippen LogP contribution in [0.4, 0.5) is 11.4 Å². The van der Waals surface area contributed by atoms with Crippen LogP contribution in [0.1, 0.15) is 32.0 Å². The number of fused-ring (bicyclic) bond motifs is 2. The van der Waals surface area contributed by atoms with Gasteiger partial charge in [0.2, 0.25) is 5.69 Å². The monoisotopic (exact) mass is 777 g/mol. The number of hydrogen-bond donors (Lipinski definition) is 0. The van der Waals surface area contributed by atoms with E-state index in [4.69, 9.17) is 4.42 Å². The van der Waals surface area contributed by atoms with E-state index in [9.17, 15) is 4.79 Å². The lowest BCUT2D eigenvalue weighted by Crippen LogP contribution is -3.00. The molecule has 0 aliphatic carbocycles. The zero-order valence-electron chi connectivity index (χ0n) is 28.8. The average Bonchev–Trinajstić information content (AvgIpc) is 3.33. The Kier molecular flexibility index (Phi) is 13.8. The van der Waals surface area contributed by atoms with Crippen molar-refractivity contribution in [2.45, 2.75) is 27.3 Å². The molecule has 0 unspecified atom stereocenters. The number of imidazole rings is 1. The maximum Gasteiger partial charge on any atom is 0.351 e. The van der Waals surface area contributed by atoms with Crippen LogP contribution < -0.4 is 60.9 Å². The number of halogens is 2. The Labute approximate surface area is 307 Å². The van der Waals surface area contributed by atoms with Crippen LogP contribution in [0.3, 0.4) is 0 Å². The number of nitrogens with zero attached hydrogens (tertiary/aromatic N) is 5. The molecule has 0 bridgehead atoms. The van der Waals surface area contributed by atoms with E-state index < -0.39 is 0 Å². The molecule has 3 aromatic carbocycles. The molecule has 6 rings (SSSR count). The fraction of sp³-hybridized carbons (Fsp3) is 0.256. The fourth-order valence-electron chi connectivity index (χ4n) is 5.88. The molecule has 0 N–H and O–H groups in total. The van der Waals surface area contributed by atoms with Crippen molar-refractivity contribution in [1.82, 2.24) is 4.57 Å². The first-order valence-corrected chi connectivity index (χ1v) is 16.0. The minimum atomic E-state index is -0.319. The molecule has 3 heterocycles. The second kappa shape index (κ2) is 17.3. The van der Waals surface area contributed by atoms with Gasteiger partial charge in [-0.2, -0.15) is 4.57 Å². The highest BCUT2D eigenvalue weighted by molar-refractivity contribution is 5.84. The molecule has 0 saturated heterocycles. The van der Waals surface area contributed by atoms with Crippen LogP contribution in [0, 0.1) is 0 Å². The van der Waals surface area contributed by atoms with Crippen molar-refractivity contribution in [3.8, 4) is 11.4 Å². The van der Waals surface area contributed by atoms with Crippen LogP contribution in [-0.2, 0) is 20.6 Å². The topological polar surface area (TPSA) is 49.4 Å². The first kappa shape index (κ1) is 38.3. The average molecular weight is 778 g/mol. The van der Waals surface area contributed by atoms with Crippen molar-refractivity contribution in [2.75, 3.05) is 37.0 Å². The van der Waals surface area contributed by atoms with Crippen LogP contribution in [-0.4, -0.2) is 31.8 Å². The van der Waals surface area contributed by atoms with Gasteiger partial charge in [-0.1, -0.05) is 24.3 Å². The first-order valence-electron chi connectivity index (χ1n) is 16.0. The smallest absolute Gasteiger partial charge is 0.351 e. The highest BCUT2D eigenvalue weighted by Gasteiger charge is 2.25. The highest BCUT2D eigenvalue weighted by Crippen LogP contribution is 2.26. The number of anilines is 2. The summed E-state index contributed by atoms with van der Waals surface area (Å²) in [5.41, 5.74) is 7.75. The number of aromatic nitrogens is 3. The number of hydrogen-bond acceptors (Lipinski definition) is 4. The molecule has 0 fully saturated rings. The van der Waals surface area contributed by atoms with E-state index >= 15 is 0 Å². The fourth-order valence-corrected chi connectivity index (χ4v) is 5.88. The summed E-state index contributed by atoms with van der Waals surface area (Å²) < 4.78 is 12.0. The number of pyridine rings is 1. The maximum absolute atomic E-state index is 12.8. The van der Waals surface area contributed by atoms with E-state index in [-0.39, 0.29) is 42.0 Å². The van der Waals surface area contributed by atoms with Gasteiger partial charge in [0.15, 0.2) is 22.8 Å². The number of rotatable bonds is 8. The number of para-hydroxylation sites is 2. The van der Waals surface area contributed by atoms with Gasteiger partial charge in [0.05, 0.1) is 14.1 Å². The minimum Gasteiger partial charge on any atom is -1.00 e. The van der Waals surface area contributed by atoms with E-state index in [0.717, 1.165) is 47.6 Å². The molecule has 0 spiro atoms.